The molecule has 4 N–H and O–H groups in total. The van der Waals surface area contributed by atoms with E-state index in [-0.39, 0.29) is 19.0 Å². The molecule has 1 rings (SSSR count). The van der Waals surface area contributed by atoms with Crippen molar-refractivity contribution in [2.75, 3.05) is 13.2 Å². The van der Waals surface area contributed by atoms with Crippen LogP contribution in [0.4, 0.5) is 13.2 Å². The molecule has 0 fully saturated rings. The van der Waals surface area contributed by atoms with Gasteiger partial charge in [0, 0.05) is 0 Å². The number of aryl methyl sites for hydroxylation is 1. The zero-order chi connectivity index (χ0) is 21.0. The molecular weight excluding hydrogens is 371 g/mol. The molecule has 0 heterocycles. The quantitative estimate of drug-likeness (QED) is 0.400. The maximum atomic E-state index is 13.4. The number of hydrogen-bond donors (Lipinski definition) is 3. The number of aliphatic hydroxyl groups is 2. The third kappa shape index (κ3) is 9.26. The van der Waals surface area contributed by atoms with Gasteiger partial charge in [0.15, 0.2) is 0 Å². The number of unbranched alkanes of at least 4 members (excludes halogenated alkanes) is 5. The van der Waals surface area contributed by atoms with Crippen LogP contribution in [0.1, 0.15) is 69.4 Å². The van der Waals surface area contributed by atoms with E-state index < -0.39 is 23.9 Å². The normalized spacial score (nSPS) is 14.1. The molecule has 28 heavy (non-hydrogen) atoms. The molecule has 0 aliphatic carbocycles. The van der Waals surface area contributed by atoms with E-state index >= 15 is 0 Å². The van der Waals surface area contributed by atoms with Crippen molar-refractivity contribution in [1.82, 2.24) is 0 Å². The van der Waals surface area contributed by atoms with Gasteiger partial charge in [-0.15, -0.1) is 0 Å². The van der Waals surface area contributed by atoms with E-state index in [2.05, 4.69) is 6.92 Å². The molecule has 0 amide bonds. The predicted octanol–water partition coefficient (Wildman–Crippen LogP) is 4.45. The molecule has 162 valence electrons. The summed E-state index contributed by atoms with van der Waals surface area (Å²) in [4.78, 5) is 0. The van der Waals surface area contributed by atoms with E-state index in [1.165, 1.54) is 6.07 Å². The summed E-state index contributed by atoms with van der Waals surface area (Å²) < 4.78 is 45.5. The topological polar surface area (TPSA) is 75.7 Å². The average Bonchev–Trinajstić information content (AvgIpc) is 2.66. The molecule has 0 aliphatic heterocycles. The fourth-order valence-corrected chi connectivity index (χ4v) is 2.99. The van der Waals surface area contributed by atoms with E-state index in [0.717, 1.165) is 38.2 Å². The summed E-state index contributed by atoms with van der Waals surface area (Å²) in [5.74, 6) is -0.115. The standard InChI is InChI=1S/C21H34F3NO3/c1-2-3-4-5-8-13-28-20-12-11-16(14-17(20)21(22,23)24)9-6-7-10-19(27)18(25)15-26/h11-12,14,18-19,26-27H,2-10,13,15,25H2,1H3. The molecule has 0 spiro atoms. The molecule has 0 saturated heterocycles. The molecule has 2 atom stereocenters. The SMILES string of the molecule is CCCCCCCOc1ccc(CCCCC(O)C(N)CO)cc1C(F)(F)F. The first-order valence-electron chi connectivity index (χ1n) is 10.2. The van der Waals surface area contributed by atoms with Gasteiger partial charge in [0.1, 0.15) is 5.75 Å². The molecule has 2 unspecified atom stereocenters. The number of rotatable bonds is 14. The number of aliphatic hydroxyl groups excluding tert-OH is 2. The Balaban J connectivity index is 2.56. The first-order valence-corrected chi connectivity index (χ1v) is 10.2. The van der Waals surface area contributed by atoms with Crippen LogP contribution in [0, 0.1) is 0 Å². The second kappa shape index (κ2) is 13.0. The Kier molecular flexibility index (Phi) is 11.5. The van der Waals surface area contributed by atoms with Crippen LogP contribution in [-0.2, 0) is 12.6 Å². The molecule has 0 radical (unpaired) electrons. The van der Waals surface area contributed by atoms with Crippen LogP contribution in [0.2, 0.25) is 0 Å². The highest BCUT2D eigenvalue weighted by atomic mass is 19.4. The summed E-state index contributed by atoms with van der Waals surface area (Å²) >= 11 is 0. The van der Waals surface area contributed by atoms with Crippen molar-refractivity contribution in [2.45, 2.75) is 83.0 Å². The summed E-state index contributed by atoms with van der Waals surface area (Å²) in [7, 11) is 0. The van der Waals surface area contributed by atoms with Gasteiger partial charge in [-0.25, -0.2) is 0 Å². The summed E-state index contributed by atoms with van der Waals surface area (Å²) in [5.41, 5.74) is 5.38. The van der Waals surface area contributed by atoms with Crippen LogP contribution in [0.5, 0.6) is 5.75 Å². The second-order valence-corrected chi connectivity index (χ2v) is 7.25. The van der Waals surface area contributed by atoms with Crippen LogP contribution in [0.3, 0.4) is 0 Å². The Labute approximate surface area is 165 Å². The summed E-state index contributed by atoms with van der Waals surface area (Å²) in [5, 5.41) is 18.6. The van der Waals surface area contributed by atoms with Crippen LogP contribution < -0.4 is 10.5 Å². The Morgan fingerprint density at radius 2 is 1.79 bits per heavy atom. The van der Waals surface area contributed by atoms with Gasteiger partial charge in [-0.05, 0) is 43.4 Å². The van der Waals surface area contributed by atoms with Crippen molar-refractivity contribution in [2.24, 2.45) is 5.73 Å². The van der Waals surface area contributed by atoms with Crippen molar-refractivity contribution >= 4 is 0 Å². The number of alkyl halides is 3. The molecule has 0 saturated carbocycles. The van der Waals surface area contributed by atoms with E-state index in [1.54, 1.807) is 6.07 Å². The highest BCUT2D eigenvalue weighted by molar-refractivity contribution is 5.39. The van der Waals surface area contributed by atoms with Gasteiger partial charge in [-0.2, -0.15) is 13.2 Å². The zero-order valence-corrected chi connectivity index (χ0v) is 16.7. The molecule has 4 nitrogen and oxygen atoms in total. The minimum absolute atomic E-state index is 0.115. The van der Waals surface area contributed by atoms with Crippen molar-refractivity contribution in [3.8, 4) is 5.75 Å². The first-order chi connectivity index (χ1) is 13.3. The van der Waals surface area contributed by atoms with Gasteiger partial charge in [0.25, 0.3) is 0 Å². The lowest BCUT2D eigenvalue weighted by molar-refractivity contribution is -0.139. The van der Waals surface area contributed by atoms with Crippen LogP contribution >= 0.6 is 0 Å². The molecule has 0 bridgehead atoms. The minimum Gasteiger partial charge on any atom is -0.493 e. The number of benzene rings is 1. The summed E-state index contributed by atoms with van der Waals surface area (Å²) in [6, 6.07) is 3.54. The number of ether oxygens (including phenoxy) is 1. The van der Waals surface area contributed by atoms with E-state index in [9.17, 15) is 18.3 Å². The molecule has 1 aromatic carbocycles. The highest BCUT2D eigenvalue weighted by Gasteiger charge is 2.34. The maximum absolute atomic E-state index is 13.4. The lowest BCUT2D eigenvalue weighted by Crippen LogP contribution is -2.37. The van der Waals surface area contributed by atoms with Crippen molar-refractivity contribution in [3.63, 3.8) is 0 Å². The highest BCUT2D eigenvalue weighted by Crippen LogP contribution is 2.37. The van der Waals surface area contributed by atoms with Crippen molar-refractivity contribution in [1.29, 1.82) is 0 Å². The van der Waals surface area contributed by atoms with Crippen LogP contribution in [0.25, 0.3) is 0 Å². The molecule has 0 aromatic heterocycles. The van der Waals surface area contributed by atoms with Crippen molar-refractivity contribution < 1.29 is 28.1 Å². The Morgan fingerprint density at radius 1 is 1.07 bits per heavy atom. The zero-order valence-electron chi connectivity index (χ0n) is 16.7. The number of nitrogens with two attached hydrogens (primary N) is 1. The smallest absolute Gasteiger partial charge is 0.419 e. The van der Waals surface area contributed by atoms with Gasteiger partial charge >= 0.3 is 6.18 Å². The van der Waals surface area contributed by atoms with E-state index in [4.69, 9.17) is 15.6 Å². The number of halogens is 3. The molecule has 1 aromatic rings. The van der Waals surface area contributed by atoms with Gasteiger partial charge in [0.05, 0.1) is 30.9 Å². The van der Waals surface area contributed by atoms with Crippen LogP contribution in [0.15, 0.2) is 18.2 Å². The van der Waals surface area contributed by atoms with Gasteiger partial charge in [-0.1, -0.05) is 45.1 Å². The lowest BCUT2D eigenvalue weighted by atomic mass is 10.0. The fraction of sp³-hybridized carbons (Fsp3) is 0.714. The van der Waals surface area contributed by atoms with Gasteiger partial charge < -0.3 is 20.7 Å². The largest absolute Gasteiger partial charge is 0.493 e. The maximum Gasteiger partial charge on any atom is 0.419 e. The Hall–Kier alpha value is -1.31. The third-order valence-electron chi connectivity index (χ3n) is 4.78. The van der Waals surface area contributed by atoms with E-state index in [1.807, 2.05) is 0 Å². The van der Waals surface area contributed by atoms with Gasteiger partial charge in [0.2, 0.25) is 0 Å². The van der Waals surface area contributed by atoms with Crippen molar-refractivity contribution in [3.05, 3.63) is 29.3 Å². The molecule has 7 heteroatoms. The van der Waals surface area contributed by atoms with Gasteiger partial charge in [-0.3, -0.25) is 0 Å². The van der Waals surface area contributed by atoms with E-state index in [0.29, 0.717) is 31.2 Å². The minimum atomic E-state index is -4.46. The summed E-state index contributed by atoms with van der Waals surface area (Å²) in [6.45, 7) is 2.10. The first kappa shape index (κ1) is 24.7. The Morgan fingerprint density at radius 3 is 2.43 bits per heavy atom. The lowest BCUT2D eigenvalue weighted by Gasteiger charge is -2.17. The molecule has 0 aliphatic rings. The summed E-state index contributed by atoms with van der Waals surface area (Å²) in [6.07, 6.45) is 1.89. The third-order valence-corrected chi connectivity index (χ3v) is 4.78. The average molecular weight is 406 g/mol. The second-order valence-electron chi connectivity index (χ2n) is 7.25. The fourth-order valence-electron chi connectivity index (χ4n) is 2.99. The predicted molar refractivity (Wildman–Crippen MR) is 104 cm³/mol. The van der Waals surface area contributed by atoms with Crippen LogP contribution in [-0.4, -0.2) is 35.6 Å². The molecular formula is C21H34F3NO3. The number of hydrogen-bond acceptors (Lipinski definition) is 4. The Bertz CT molecular complexity index is 552. The monoisotopic (exact) mass is 405 g/mol.